The van der Waals surface area contributed by atoms with E-state index in [-0.39, 0.29) is 23.8 Å². The Morgan fingerprint density at radius 2 is 1.75 bits per heavy atom. The number of carbonyl (C=O) groups is 2. The molecule has 0 radical (unpaired) electrons. The highest BCUT2D eigenvalue weighted by molar-refractivity contribution is 5.94. The summed E-state index contributed by atoms with van der Waals surface area (Å²) in [6, 6.07) is 13.9. The largest absolute Gasteiger partial charge is 0.390 e. The van der Waals surface area contributed by atoms with Crippen molar-refractivity contribution in [2.75, 3.05) is 29.4 Å². The van der Waals surface area contributed by atoms with Crippen molar-refractivity contribution in [1.82, 2.24) is 10.3 Å². The molecule has 5 aliphatic rings. The summed E-state index contributed by atoms with van der Waals surface area (Å²) < 4.78 is 0. The van der Waals surface area contributed by atoms with Gasteiger partial charge in [-0.2, -0.15) is 0 Å². The molecule has 0 spiro atoms. The van der Waals surface area contributed by atoms with Crippen molar-refractivity contribution in [3.8, 4) is 0 Å². The second-order valence-electron chi connectivity index (χ2n) is 11.7. The van der Waals surface area contributed by atoms with E-state index in [4.69, 9.17) is 4.98 Å². The number of benzene rings is 1. The summed E-state index contributed by atoms with van der Waals surface area (Å²) in [6.45, 7) is 6.26. The number of amides is 1. The van der Waals surface area contributed by atoms with Gasteiger partial charge in [0, 0.05) is 43.0 Å². The number of pyridine rings is 1. The van der Waals surface area contributed by atoms with Crippen LogP contribution in [-0.2, 0) is 0 Å². The van der Waals surface area contributed by atoms with Crippen molar-refractivity contribution in [1.29, 1.82) is 0 Å². The first-order chi connectivity index (χ1) is 17.3. The summed E-state index contributed by atoms with van der Waals surface area (Å²) in [4.78, 5) is 34.2. The van der Waals surface area contributed by atoms with Crippen LogP contribution in [0.25, 0.3) is 0 Å². The minimum absolute atomic E-state index is 0.0790. The fraction of sp³-hybridized carbons (Fsp3) is 0.552. The molecule has 2 N–H and O–H groups in total. The molecular weight excluding hydrogens is 452 g/mol. The van der Waals surface area contributed by atoms with Crippen LogP contribution >= 0.6 is 0 Å². The Bertz CT molecular complexity index is 1150. The van der Waals surface area contributed by atoms with Gasteiger partial charge in [-0.05, 0) is 100 Å². The van der Waals surface area contributed by atoms with Gasteiger partial charge in [0.2, 0.25) is 0 Å². The number of nitrogens with zero attached hydrogens (tertiary/aromatic N) is 3. The summed E-state index contributed by atoms with van der Waals surface area (Å²) in [5.74, 6) is 2.20. The number of aliphatic hydroxyl groups is 1. The summed E-state index contributed by atoms with van der Waals surface area (Å²) in [5.41, 5.74) is 1.82. The van der Waals surface area contributed by atoms with Crippen LogP contribution in [0.3, 0.4) is 0 Å². The predicted octanol–water partition coefficient (Wildman–Crippen LogP) is 3.67. The van der Waals surface area contributed by atoms with Crippen molar-refractivity contribution in [3.63, 3.8) is 0 Å². The van der Waals surface area contributed by atoms with E-state index >= 15 is 0 Å². The van der Waals surface area contributed by atoms with E-state index in [1.54, 1.807) is 13.0 Å². The maximum Gasteiger partial charge on any atom is 0.270 e. The first-order valence-electron chi connectivity index (χ1n) is 13.4. The zero-order chi connectivity index (χ0) is 25.0. The van der Waals surface area contributed by atoms with Gasteiger partial charge in [-0.3, -0.25) is 9.59 Å². The number of hydrogen-bond donors (Lipinski definition) is 2. The lowest BCUT2D eigenvalue weighted by Gasteiger charge is -2.58. The molecule has 1 aliphatic heterocycles. The van der Waals surface area contributed by atoms with Gasteiger partial charge < -0.3 is 20.2 Å². The lowest BCUT2D eigenvalue weighted by molar-refractivity contribution is -0.136. The Hall–Kier alpha value is -2.93. The van der Waals surface area contributed by atoms with Gasteiger partial charge in [-0.15, -0.1) is 0 Å². The maximum absolute atomic E-state index is 13.3. The number of hydrogen-bond acceptors (Lipinski definition) is 6. The van der Waals surface area contributed by atoms with Crippen LogP contribution in [0.1, 0.15) is 66.8 Å². The maximum atomic E-state index is 13.3. The van der Waals surface area contributed by atoms with E-state index in [9.17, 15) is 14.7 Å². The Balaban J connectivity index is 1.11. The monoisotopic (exact) mass is 488 g/mol. The van der Waals surface area contributed by atoms with Crippen LogP contribution in [0.4, 0.5) is 11.5 Å². The molecule has 2 heterocycles. The number of Topliss-reactive ketones (excluding diaryl/α,β-unsaturated/α-hetero) is 1. The fourth-order valence-electron chi connectivity index (χ4n) is 7.59. The van der Waals surface area contributed by atoms with Crippen LogP contribution in [0.2, 0.25) is 0 Å². The standard InChI is InChI=1S/C29H36N4O3/c1-18-17-32(24-8-6-21(7-9-24)19(2)34)10-11-33(18)26-5-3-4-25(30-26)28(35)31-27-22-12-20-13-23(27)16-29(36,14-20)15-22/h3-9,18,20,22-23,27,36H,10-17H2,1-2H3,(H,31,35)/t18-,20?,22?,23?,27?,29?/m1/s1. The van der Waals surface area contributed by atoms with Gasteiger partial charge in [0.15, 0.2) is 5.78 Å². The molecule has 7 nitrogen and oxygen atoms in total. The molecule has 7 heteroatoms. The van der Waals surface area contributed by atoms with Crippen molar-refractivity contribution >= 4 is 23.2 Å². The van der Waals surface area contributed by atoms with Crippen LogP contribution in [-0.4, -0.2) is 59.1 Å². The predicted molar refractivity (Wildman–Crippen MR) is 139 cm³/mol. The molecule has 4 bridgehead atoms. The molecule has 1 aromatic carbocycles. The summed E-state index contributed by atoms with van der Waals surface area (Å²) in [7, 11) is 0. The van der Waals surface area contributed by atoms with Gasteiger partial charge in [0.1, 0.15) is 11.5 Å². The number of aromatic nitrogens is 1. The van der Waals surface area contributed by atoms with Crippen LogP contribution in [0, 0.1) is 17.8 Å². The second-order valence-corrected chi connectivity index (χ2v) is 11.7. The minimum atomic E-state index is -0.496. The summed E-state index contributed by atoms with van der Waals surface area (Å²) in [6.07, 6.45) is 4.82. The Morgan fingerprint density at radius 3 is 2.39 bits per heavy atom. The van der Waals surface area contributed by atoms with E-state index in [2.05, 4.69) is 22.0 Å². The number of piperazine rings is 1. The number of carbonyl (C=O) groups excluding carboxylic acids is 2. The third-order valence-electron chi connectivity index (χ3n) is 9.07. The van der Waals surface area contributed by atoms with Crippen molar-refractivity contribution in [2.24, 2.45) is 17.8 Å². The highest BCUT2D eigenvalue weighted by Crippen LogP contribution is 2.55. The molecule has 190 valence electrons. The van der Waals surface area contributed by atoms with Gasteiger partial charge in [-0.25, -0.2) is 4.98 Å². The molecule has 2 aromatic rings. The third kappa shape index (κ3) is 4.27. The van der Waals surface area contributed by atoms with Crippen molar-refractivity contribution < 1.29 is 14.7 Å². The average Bonchev–Trinajstić information content (AvgIpc) is 2.85. The zero-order valence-electron chi connectivity index (χ0n) is 21.2. The van der Waals surface area contributed by atoms with E-state index in [1.165, 1.54) is 0 Å². The smallest absolute Gasteiger partial charge is 0.270 e. The fourth-order valence-corrected chi connectivity index (χ4v) is 7.59. The zero-order valence-corrected chi connectivity index (χ0v) is 21.2. The number of rotatable bonds is 5. The molecule has 4 saturated carbocycles. The molecule has 1 amide bonds. The molecule has 1 aromatic heterocycles. The topological polar surface area (TPSA) is 85.8 Å². The SMILES string of the molecule is CC(=O)c1ccc(N2CCN(c3cccc(C(=O)NC4C5CC6CC4CC(O)(C6)C5)n3)[C@H](C)C2)cc1. The Kier molecular flexibility index (Phi) is 5.78. The number of nitrogens with one attached hydrogen (secondary N) is 1. The van der Waals surface area contributed by atoms with Crippen LogP contribution < -0.4 is 15.1 Å². The average molecular weight is 489 g/mol. The van der Waals surface area contributed by atoms with Gasteiger partial charge in [0.05, 0.1) is 5.60 Å². The molecule has 3 atom stereocenters. The first-order valence-corrected chi connectivity index (χ1v) is 13.4. The van der Waals surface area contributed by atoms with E-state index in [0.29, 0.717) is 23.4 Å². The lowest BCUT2D eigenvalue weighted by atomic mass is 9.52. The molecule has 1 saturated heterocycles. The summed E-state index contributed by atoms with van der Waals surface area (Å²) >= 11 is 0. The molecule has 36 heavy (non-hydrogen) atoms. The normalized spacial score (nSPS) is 33.0. The van der Waals surface area contributed by atoms with Crippen LogP contribution in [0.5, 0.6) is 0 Å². The highest BCUT2D eigenvalue weighted by Gasteiger charge is 2.55. The quantitative estimate of drug-likeness (QED) is 0.625. The molecule has 5 fully saturated rings. The molecule has 4 aliphatic carbocycles. The molecular formula is C29H36N4O3. The third-order valence-corrected chi connectivity index (χ3v) is 9.07. The Morgan fingerprint density at radius 1 is 1.03 bits per heavy atom. The second kappa shape index (κ2) is 8.87. The minimum Gasteiger partial charge on any atom is -0.390 e. The molecule has 2 unspecified atom stereocenters. The lowest BCUT2D eigenvalue weighted by Crippen LogP contribution is -2.61. The summed E-state index contributed by atoms with van der Waals surface area (Å²) in [5, 5.41) is 14.2. The molecule has 7 rings (SSSR count). The van der Waals surface area contributed by atoms with Crippen molar-refractivity contribution in [2.45, 2.75) is 63.6 Å². The van der Waals surface area contributed by atoms with Crippen molar-refractivity contribution in [3.05, 3.63) is 53.7 Å². The Labute approximate surface area is 212 Å². The van der Waals surface area contributed by atoms with E-state index in [0.717, 1.165) is 68.8 Å². The number of ketones is 1. The van der Waals surface area contributed by atoms with Gasteiger partial charge in [-0.1, -0.05) is 6.07 Å². The van der Waals surface area contributed by atoms with E-state index < -0.39 is 5.60 Å². The van der Waals surface area contributed by atoms with Gasteiger partial charge in [0.25, 0.3) is 5.91 Å². The van der Waals surface area contributed by atoms with Gasteiger partial charge >= 0.3 is 0 Å². The van der Waals surface area contributed by atoms with Crippen LogP contribution in [0.15, 0.2) is 42.5 Å². The first kappa shape index (κ1) is 23.5. The van der Waals surface area contributed by atoms with E-state index in [1.807, 2.05) is 36.4 Å². The highest BCUT2D eigenvalue weighted by atomic mass is 16.3. The number of anilines is 2.